The summed E-state index contributed by atoms with van der Waals surface area (Å²) in [6.07, 6.45) is 2.84. The number of rotatable bonds is 7. The van der Waals surface area contributed by atoms with E-state index in [1.165, 1.54) is 0 Å². The Morgan fingerprint density at radius 1 is 1.36 bits per heavy atom. The Hall–Kier alpha value is -2.06. The van der Waals surface area contributed by atoms with Crippen LogP contribution in [0.1, 0.15) is 26.2 Å². The average Bonchev–Trinajstić information content (AvgIpc) is 2.54. The molecule has 2 aromatic rings. The third-order valence-corrected chi connectivity index (χ3v) is 4.67. The minimum absolute atomic E-state index is 0.0742. The molecule has 1 aromatic heterocycles. The number of nitrogens with one attached hydrogen (secondary N) is 1. The molecule has 2 rings (SSSR count). The lowest BCUT2D eigenvalue weighted by Gasteiger charge is -2.13. The summed E-state index contributed by atoms with van der Waals surface area (Å²) in [4.78, 5) is 39.6. The summed E-state index contributed by atoms with van der Waals surface area (Å²) < 4.78 is 1.56. The Kier molecular flexibility index (Phi) is 6.83. The molecule has 0 aliphatic heterocycles. The SMILES string of the molecule is CCCCCn1c(SCC(=O)NC(N)=O)nc2cc(Cl)ccc2c1=O. The summed E-state index contributed by atoms with van der Waals surface area (Å²) in [6.45, 7) is 2.59. The topological polar surface area (TPSA) is 107 Å². The van der Waals surface area contributed by atoms with Gasteiger partial charge in [0.25, 0.3) is 5.56 Å². The number of carbonyl (C=O) groups is 2. The molecular formula is C16H19ClN4O3S. The van der Waals surface area contributed by atoms with Gasteiger partial charge in [-0.3, -0.25) is 19.5 Å². The molecule has 0 atom stereocenters. The van der Waals surface area contributed by atoms with Crippen molar-refractivity contribution in [2.75, 3.05) is 5.75 Å². The van der Waals surface area contributed by atoms with Crippen molar-refractivity contribution >= 4 is 46.2 Å². The quantitative estimate of drug-likeness (QED) is 0.434. The van der Waals surface area contributed by atoms with Gasteiger partial charge in [-0.2, -0.15) is 0 Å². The van der Waals surface area contributed by atoms with Crippen LogP contribution in [0.5, 0.6) is 0 Å². The molecule has 0 saturated heterocycles. The van der Waals surface area contributed by atoms with Crippen molar-refractivity contribution < 1.29 is 9.59 Å². The average molecular weight is 383 g/mol. The minimum Gasteiger partial charge on any atom is -0.351 e. The number of fused-ring (bicyclic) bond motifs is 1. The number of halogens is 1. The number of hydrogen-bond acceptors (Lipinski definition) is 5. The fraction of sp³-hybridized carbons (Fsp3) is 0.375. The van der Waals surface area contributed by atoms with Crippen LogP contribution in [0.3, 0.4) is 0 Å². The number of nitrogens with two attached hydrogens (primary N) is 1. The molecule has 0 fully saturated rings. The summed E-state index contributed by atoms with van der Waals surface area (Å²) in [5.74, 6) is -0.618. The molecule has 0 aliphatic rings. The van der Waals surface area contributed by atoms with Crippen LogP contribution in [0, 0.1) is 0 Å². The van der Waals surface area contributed by atoms with Crippen LogP contribution in [-0.2, 0) is 11.3 Å². The van der Waals surface area contributed by atoms with Gasteiger partial charge in [-0.1, -0.05) is 43.1 Å². The van der Waals surface area contributed by atoms with Gasteiger partial charge in [-0.15, -0.1) is 0 Å². The second-order valence-electron chi connectivity index (χ2n) is 5.42. The number of aromatic nitrogens is 2. The lowest BCUT2D eigenvalue weighted by molar-refractivity contribution is -0.117. The number of unbranched alkanes of at least 4 members (excludes halogenated alkanes) is 2. The number of thioether (sulfide) groups is 1. The molecule has 0 saturated carbocycles. The zero-order valence-electron chi connectivity index (χ0n) is 13.8. The molecule has 0 radical (unpaired) electrons. The van der Waals surface area contributed by atoms with Gasteiger partial charge < -0.3 is 5.73 Å². The number of nitrogens with zero attached hydrogens (tertiary/aromatic N) is 2. The highest BCUT2D eigenvalue weighted by atomic mass is 35.5. The van der Waals surface area contributed by atoms with E-state index in [2.05, 4.69) is 11.9 Å². The van der Waals surface area contributed by atoms with Crippen LogP contribution < -0.4 is 16.6 Å². The molecule has 25 heavy (non-hydrogen) atoms. The van der Waals surface area contributed by atoms with Gasteiger partial charge in [0.1, 0.15) is 0 Å². The maximum atomic E-state index is 12.8. The zero-order valence-corrected chi connectivity index (χ0v) is 15.3. The standard InChI is InChI=1S/C16H19ClN4O3S/c1-2-3-4-7-21-14(23)11-6-5-10(17)8-12(11)19-16(21)25-9-13(22)20-15(18)24/h5-6,8H,2-4,7,9H2,1H3,(H3,18,20,22,24). The maximum absolute atomic E-state index is 12.8. The smallest absolute Gasteiger partial charge is 0.318 e. The number of primary amides is 1. The first-order chi connectivity index (χ1) is 11.9. The van der Waals surface area contributed by atoms with E-state index < -0.39 is 11.9 Å². The third-order valence-electron chi connectivity index (χ3n) is 3.46. The lowest BCUT2D eigenvalue weighted by Crippen LogP contribution is -2.36. The van der Waals surface area contributed by atoms with Crippen LogP contribution in [0.4, 0.5) is 4.79 Å². The molecule has 0 bridgehead atoms. The minimum atomic E-state index is -0.913. The van der Waals surface area contributed by atoms with E-state index in [-0.39, 0.29) is 11.3 Å². The molecule has 1 heterocycles. The van der Waals surface area contributed by atoms with Crippen LogP contribution >= 0.6 is 23.4 Å². The van der Waals surface area contributed by atoms with Crippen molar-refractivity contribution in [3.63, 3.8) is 0 Å². The molecule has 0 spiro atoms. The lowest BCUT2D eigenvalue weighted by atomic mass is 10.2. The predicted octanol–water partition coefficient (Wildman–Crippen LogP) is 2.53. The molecule has 0 aliphatic carbocycles. The van der Waals surface area contributed by atoms with Crippen molar-refractivity contribution in [1.29, 1.82) is 0 Å². The normalized spacial score (nSPS) is 10.8. The number of urea groups is 1. The summed E-state index contributed by atoms with van der Waals surface area (Å²) >= 11 is 7.06. The van der Waals surface area contributed by atoms with E-state index in [0.717, 1.165) is 31.0 Å². The second kappa shape index (κ2) is 8.87. The fourth-order valence-electron chi connectivity index (χ4n) is 2.30. The molecule has 134 valence electrons. The second-order valence-corrected chi connectivity index (χ2v) is 6.80. The molecule has 0 unspecified atom stereocenters. The molecule has 7 nitrogen and oxygen atoms in total. The van der Waals surface area contributed by atoms with Crippen molar-refractivity contribution in [1.82, 2.24) is 14.9 Å². The van der Waals surface area contributed by atoms with Crippen LogP contribution in [0.25, 0.3) is 10.9 Å². The molecular weight excluding hydrogens is 364 g/mol. The predicted molar refractivity (Wildman–Crippen MR) is 99.0 cm³/mol. The van der Waals surface area contributed by atoms with E-state index in [9.17, 15) is 14.4 Å². The van der Waals surface area contributed by atoms with Crippen molar-refractivity contribution in [2.24, 2.45) is 5.73 Å². The first-order valence-corrected chi connectivity index (χ1v) is 9.21. The number of carbonyl (C=O) groups excluding carboxylic acids is 2. The maximum Gasteiger partial charge on any atom is 0.318 e. The largest absolute Gasteiger partial charge is 0.351 e. The first kappa shape index (κ1) is 19.3. The highest BCUT2D eigenvalue weighted by Crippen LogP contribution is 2.21. The summed E-state index contributed by atoms with van der Waals surface area (Å²) in [7, 11) is 0. The van der Waals surface area contributed by atoms with Gasteiger partial charge in [-0.05, 0) is 24.6 Å². The van der Waals surface area contributed by atoms with Crippen molar-refractivity contribution in [3.05, 3.63) is 33.6 Å². The Morgan fingerprint density at radius 2 is 2.12 bits per heavy atom. The highest BCUT2D eigenvalue weighted by molar-refractivity contribution is 7.99. The van der Waals surface area contributed by atoms with E-state index in [4.69, 9.17) is 17.3 Å². The van der Waals surface area contributed by atoms with Crippen LogP contribution in [0.2, 0.25) is 5.02 Å². The number of imide groups is 1. The van der Waals surface area contributed by atoms with Gasteiger partial charge >= 0.3 is 6.03 Å². The van der Waals surface area contributed by atoms with Gasteiger partial charge in [-0.25, -0.2) is 9.78 Å². The van der Waals surface area contributed by atoms with Crippen LogP contribution in [0.15, 0.2) is 28.2 Å². The number of amides is 3. The van der Waals surface area contributed by atoms with Gasteiger partial charge in [0.2, 0.25) is 5.91 Å². The molecule has 3 amide bonds. The van der Waals surface area contributed by atoms with Crippen molar-refractivity contribution in [2.45, 2.75) is 37.9 Å². The van der Waals surface area contributed by atoms with Crippen molar-refractivity contribution in [3.8, 4) is 0 Å². The van der Waals surface area contributed by atoms with Gasteiger partial charge in [0.15, 0.2) is 5.16 Å². The Labute approximate surface area is 153 Å². The first-order valence-electron chi connectivity index (χ1n) is 7.84. The van der Waals surface area contributed by atoms with Crippen LogP contribution in [-0.4, -0.2) is 27.2 Å². The highest BCUT2D eigenvalue weighted by Gasteiger charge is 2.14. The van der Waals surface area contributed by atoms with E-state index in [0.29, 0.717) is 27.6 Å². The molecule has 1 aromatic carbocycles. The van der Waals surface area contributed by atoms with Gasteiger partial charge in [0, 0.05) is 11.6 Å². The zero-order chi connectivity index (χ0) is 18.4. The Balaban J connectivity index is 2.36. The number of benzene rings is 1. The Bertz CT molecular complexity index is 853. The third kappa shape index (κ3) is 5.20. The summed E-state index contributed by atoms with van der Waals surface area (Å²) in [5, 5.41) is 3.36. The Morgan fingerprint density at radius 3 is 2.80 bits per heavy atom. The molecule has 9 heteroatoms. The van der Waals surface area contributed by atoms with E-state index >= 15 is 0 Å². The monoisotopic (exact) mass is 382 g/mol. The summed E-state index contributed by atoms with van der Waals surface area (Å²) in [5.41, 5.74) is 5.23. The van der Waals surface area contributed by atoms with Gasteiger partial charge in [0.05, 0.1) is 16.7 Å². The van der Waals surface area contributed by atoms with E-state index in [1.54, 1.807) is 22.8 Å². The molecule has 3 N–H and O–H groups in total. The fourth-order valence-corrected chi connectivity index (χ4v) is 3.30. The summed E-state index contributed by atoms with van der Waals surface area (Å²) in [6, 6.07) is 4.00. The van der Waals surface area contributed by atoms with E-state index in [1.807, 2.05) is 5.32 Å². The number of hydrogen-bond donors (Lipinski definition) is 2.